The number of thiocarbonyl (C=S) groups is 1. The maximum atomic E-state index is 5.51. The topological polar surface area (TPSA) is 29.3 Å². The zero-order valence-electron chi connectivity index (χ0n) is 8.68. The zero-order valence-corrected chi connectivity index (χ0v) is 9.49. The lowest BCUT2D eigenvalue weighted by Crippen LogP contribution is -2.42. The fourth-order valence-corrected chi connectivity index (χ4v) is 2.01. The van der Waals surface area contributed by atoms with Gasteiger partial charge in [0.05, 0.1) is 4.99 Å². The van der Waals surface area contributed by atoms with Gasteiger partial charge >= 0.3 is 0 Å². The minimum Gasteiger partial charge on any atom is -0.392 e. The van der Waals surface area contributed by atoms with E-state index in [2.05, 4.69) is 18.7 Å². The third kappa shape index (κ3) is 3.24. The molecule has 0 unspecified atom stereocenters. The Hall–Kier alpha value is -0.150. The van der Waals surface area contributed by atoms with Crippen LogP contribution in [0.3, 0.4) is 0 Å². The summed E-state index contributed by atoms with van der Waals surface area (Å²) in [6, 6.07) is 0. The number of rotatable bonds is 3. The van der Waals surface area contributed by atoms with Gasteiger partial charge < -0.3 is 5.73 Å². The van der Waals surface area contributed by atoms with Crippen molar-refractivity contribution >= 4 is 17.2 Å². The number of nitrogens with zero attached hydrogens (tertiary/aromatic N) is 1. The van der Waals surface area contributed by atoms with E-state index in [1.165, 1.54) is 19.3 Å². The highest BCUT2D eigenvalue weighted by atomic mass is 32.1. The van der Waals surface area contributed by atoms with E-state index in [0.717, 1.165) is 19.6 Å². The Labute approximate surface area is 86.5 Å². The molecule has 76 valence electrons. The summed E-state index contributed by atoms with van der Waals surface area (Å²) in [5.41, 5.74) is 6.08. The van der Waals surface area contributed by atoms with Crippen LogP contribution in [0.25, 0.3) is 0 Å². The molecule has 1 aliphatic heterocycles. The summed E-state index contributed by atoms with van der Waals surface area (Å²) in [4.78, 5) is 2.99. The van der Waals surface area contributed by atoms with Crippen molar-refractivity contribution < 1.29 is 0 Å². The first-order valence-corrected chi connectivity index (χ1v) is 5.47. The van der Waals surface area contributed by atoms with Gasteiger partial charge in [-0.2, -0.15) is 0 Å². The summed E-state index contributed by atoms with van der Waals surface area (Å²) in [5.74, 6) is 0. The van der Waals surface area contributed by atoms with Crippen molar-refractivity contribution in [2.24, 2.45) is 11.1 Å². The van der Waals surface area contributed by atoms with Crippen LogP contribution >= 0.6 is 12.2 Å². The van der Waals surface area contributed by atoms with E-state index >= 15 is 0 Å². The molecule has 0 spiro atoms. The molecule has 0 saturated carbocycles. The predicted molar refractivity (Wildman–Crippen MR) is 60.9 cm³/mol. The maximum Gasteiger partial charge on any atom is 0.0870 e. The van der Waals surface area contributed by atoms with Crippen LogP contribution in [0.2, 0.25) is 0 Å². The number of hydrogen-bond donors (Lipinski definition) is 1. The minimum atomic E-state index is 0.562. The van der Waals surface area contributed by atoms with E-state index in [-0.39, 0.29) is 0 Å². The first kappa shape index (κ1) is 10.9. The summed E-state index contributed by atoms with van der Waals surface area (Å²) < 4.78 is 0. The average Bonchev–Trinajstić information content (AvgIpc) is 2.09. The van der Waals surface area contributed by atoms with Crippen molar-refractivity contribution in [3.8, 4) is 0 Å². The number of nitrogens with two attached hydrogens (primary N) is 1. The zero-order chi connectivity index (χ0) is 9.90. The Bertz CT molecular complexity index is 183. The van der Waals surface area contributed by atoms with Crippen LogP contribution in [-0.4, -0.2) is 29.5 Å². The highest BCUT2D eigenvalue weighted by Gasteiger charge is 2.27. The fraction of sp³-hybridized carbons (Fsp3) is 0.900. The van der Waals surface area contributed by atoms with Gasteiger partial charge in [-0.05, 0) is 31.3 Å². The molecule has 0 aromatic rings. The van der Waals surface area contributed by atoms with Crippen molar-refractivity contribution in [3.05, 3.63) is 0 Å². The van der Waals surface area contributed by atoms with Gasteiger partial charge in [0.2, 0.25) is 0 Å². The smallest absolute Gasteiger partial charge is 0.0870 e. The van der Waals surface area contributed by atoms with Crippen molar-refractivity contribution in [1.82, 2.24) is 4.90 Å². The third-order valence-corrected chi connectivity index (χ3v) is 3.43. The molecule has 1 fully saturated rings. The summed E-state index contributed by atoms with van der Waals surface area (Å²) in [5, 5.41) is 0. The Morgan fingerprint density at radius 1 is 1.46 bits per heavy atom. The molecule has 1 saturated heterocycles. The Morgan fingerprint density at radius 3 is 2.38 bits per heavy atom. The number of likely N-dealkylation sites (tertiary alicyclic amines) is 1. The lowest BCUT2D eigenvalue weighted by molar-refractivity contribution is 0.127. The van der Waals surface area contributed by atoms with E-state index in [4.69, 9.17) is 18.0 Å². The molecule has 0 bridgehead atoms. The molecule has 0 atom stereocenters. The van der Waals surface area contributed by atoms with Gasteiger partial charge in [-0.3, -0.25) is 4.90 Å². The highest BCUT2D eigenvalue weighted by Crippen LogP contribution is 2.33. The van der Waals surface area contributed by atoms with E-state index < -0.39 is 0 Å². The molecule has 1 aliphatic rings. The van der Waals surface area contributed by atoms with Crippen LogP contribution in [0.5, 0.6) is 0 Å². The van der Waals surface area contributed by atoms with Gasteiger partial charge in [0, 0.05) is 6.54 Å². The van der Waals surface area contributed by atoms with Crippen LogP contribution in [0.4, 0.5) is 0 Å². The van der Waals surface area contributed by atoms with Crippen LogP contribution in [0.15, 0.2) is 0 Å². The van der Waals surface area contributed by atoms with E-state index in [1.54, 1.807) is 0 Å². The quantitative estimate of drug-likeness (QED) is 0.704. The van der Waals surface area contributed by atoms with E-state index in [1.807, 2.05) is 0 Å². The lowest BCUT2D eigenvalue weighted by atomic mass is 9.78. The SMILES string of the molecule is CCC1(C)CCN(CC(N)=S)CC1. The lowest BCUT2D eigenvalue weighted by Gasteiger charge is -2.38. The van der Waals surface area contributed by atoms with Crippen LogP contribution in [0.1, 0.15) is 33.1 Å². The molecule has 1 rings (SSSR count). The molecular formula is C10H20N2S. The van der Waals surface area contributed by atoms with Gasteiger partial charge in [0.1, 0.15) is 0 Å². The molecule has 0 radical (unpaired) electrons. The monoisotopic (exact) mass is 200 g/mol. The third-order valence-electron chi connectivity index (χ3n) is 3.30. The fourth-order valence-electron chi connectivity index (χ4n) is 1.82. The molecule has 2 N–H and O–H groups in total. The maximum absolute atomic E-state index is 5.51. The summed E-state index contributed by atoms with van der Waals surface area (Å²) in [6.45, 7) is 7.77. The molecule has 1 heterocycles. The van der Waals surface area contributed by atoms with Gasteiger partial charge in [-0.25, -0.2) is 0 Å². The molecule has 3 heteroatoms. The molecule has 0 amide bonds. The summed E-state index contributed by atoms with van der Waals surface area (Å²) in [6.07, 6.45) is 3.85. The van der Waals surface area contributed by atoms with Crippen molar-refractivity contribution in [3.63, 3.8) is 0 Å². The minimum absolute atomic E-state index is 0.562. The average molecular weight is 200 g/mol. The van der Waals surface area contributed by atoms with Crippen molar-refractivity contribution in [2.45, 2.75) is 33.1 Å². The van der Waals surface area contributed by atoms with Gasteiger partial charge in [-0.1, -0.05) is 32.5 Å². The molecular weight excluding hydrogens is 180 g/mol. The summed E-state index contributed by atoms with van der Waals surface area (Å²) >= 11 is 4.90. The van der Waals surface area contributed by atoms with Crippen molar-refractivity contribution in [1.29, 1.82) is 0 Å². The predicted octanol–water partition coefficient (Wildman–Crippen LogP) is 1.78. The molecule has 13 heavy (non-hydrogen) atoms. The molecule has 2 nitrogen and oxygen atoms in total. The second kappa shape index (κ2) is 4.38. The van der Waals surface area contributed by atoms with Crippen LogP contribution < -0.4 is 5.73 Å². The Kier molecular flexibility index (Phi) is 3.68. The number of hydrogen-bond acceptors (Lipinski definition) is 2. The van der Waals surface area contributed by atoms with Gasteiger partial charge in [0.25, 0.3) is 0 Å². The van der Waals surface area contributed by atoms with E-state index in [9.17, 15) is 0 Å². The first-order chi connectivity index (χ1) is 6.06. The molecule has 0 aromatic heterocycles. The van der Waals surface area contributed by atoms with Crippen LogP contribution in [-0.2, 0) is 0 Å². The number of piperidine rings is 1. The molecule has 0 aromatic carbocycles. The summed E-state index contributed by atoms with van der Waals surface area (Å²) in [7, 11) is 0. The second-order valence-electron chi connectivity index (χ2n) is 4.41. The Morgan fingerprint density at radius 2 is 2.00 bits per heavy atom. The van der Waals surface area contributed by atoms with Gasteiger partial charge in [0.15, 0.2) is 0 Å². The van der Waals surface area contributed by atoms with Crippen molar-refractivity contribution in [2.75, 3.05) is 19.6 Å². The normalized spacial score (nSPS) is 22.9. The van der Waals surface area contributed by atoms with Crippen LogP contribution in [0, 0.1) is 5.41 Å². The van der Waals surface area contributed by atoms with Gasteiger partial charge in [-0.15, -0.1) is 0 Å². The molecule has 0 aliphatic carbocycles. The Balaban J connectivity index is 2.34. The standard InChI is InChI=1S/C10H20N2S/c1-3-10(2)4-6-12(7-5-10)8-9(11)13/h3-8H2,1-2H3,(H2,11,13). The second-order valence-corrected chi connectivity index (χ2v) is 4.93. The van der Waals surface area contributed by atoms with E-state index in [0.29, 0.717) is 10.4 Å². The first-order valence-electron chi connectivity index (χ1n) is 5.06. The largest absolute Gasteiger partial charge is 0.392 e. The highest BCUT2D eigenvalue weighted by molar-refractivity contribution is 7.80.